The third-order valence-electron chi connectivity index (χ3n) is 6.53. The first-order valence-electron chi connectivity index (χ1n) is 11.7. The summed E-state index contributed by atoms with van der Waals surface area (Å²) in [6, 6.07) is 9.93. The van der Waals surface area contributed by atoms with Gasteiger partial charge in [0, 0.05) is 48.9 Å². The second kappa shape index (κ2) is 10.3. The van der Waals surface area contributed by atoms with Crippen LogP contribution in [0.25, 0.3) is 0 Å². The molecule has 1 saturated heterocycles. The molecule has 6 nitrogen and oxygen atoms in total. The molecule has 33 heavy (non-hydrogen) atoms. The summed E-state index contributed by atoms with van der Waals surface area (Å²) in [6.45, 7) is 8.51. The van der Waals surface area contributed by atoms with Crippen LogP contribution in [0, 0.1) is 12.8 Å². The molecule has 1 aromatic heterocycles. The van der Waals surface area contributed by atoms with Gasteiger partial charge in [-0.3, -0.25) is 14.6 Å². The van der Waals surface area contributed by atoms with Gasteiger partial charge in [-0.25, -0.2) is 0 Å². The lowest BCUT2D eigenvalue weighted by Crippen LogP contribution is -2.45. The van der Waals surface area contributed by atoms with E-state index >= 15 is 0 Å². The van der Waals surface area contributed by atoms with Gasteiger partial charge in [0.05, 0.1) is 11.4 Å². The smallest absolute Gasteiger partial charge is 0.230 e. The lowest BCUT2D eigenvalue weighted by Gasteiger charge is -2.38. The Bertz CT molecular complexity index is 1010. The number of thioether (sulfide) groups is 1. The minimum Gasteiger partial charge on any atom is -0.376 e. The topological polar surface area (TPSA) is 71.5 Å². The van der Waals surface area contributed by atoms with E-state index < -0.39 is 0 Å². The van der Waals surface area contributed by atoms with Gasteiger partial charge in [0.1, 0.15) is 0 Å². The Kier molecular flexibility index (Phi) is 7.39. The fourth-order valence-corrected chi connectivity index (χ4v) is 5.50. The van der Waals surface area contributed by atoms with Gasteiger partial charge >= 0.3 is 0 Å². The summed E-state index contributed by atoms with van der Waals surface area (Å²) in [5.41, 5.74) is 4.11. The summed E-state index contributed by atoms with van der Waals surface area (Å²) in [7, 11) is 0. The van der Waals surface area contributed by atoms with Crippen molar-refractivity contribution in [1.82, 2.24) is 15.2 Å². The van der Waals surface area contributed by atoms with Crippen LogP contribution in [-0.2, 0) is 33.8 Å². The number of pyridine rings is 1. The van der Waals surface area contributed by atoms with E-state index in [1.807, 2.05) is 48.4 Å². The minimum absolute atomic E-state index is 0.00982. The zero-order chi connectivity index (χ0) is 23.4. The Labute approximate surface area is 200 Å². The number of amides is 2. The van der Waals surface area contributed by atoms with Crippen LogP contribution in [0.2, 0.25) is 0 Å². The largest absolute Gasteiger partial charge is 0.376 e. The van der Waals surface area contributed by atoms with Crippen LogP contribution in [0.5, 0.6) is 0 Å². The maximum Gasteiger partial charge on any atom is 0.230 e. The number of hydrogen-bond donors (Lipinski definition) is 1. The SMILES string of the molecule is Cc1ncc2c(c1CNC(=O)CSc1ccccc1)CCN(C(=O)C1CCOC(C)(C)C1)C2. The lowest BCUT2D eigenvalue weighted by atomic mass is 9.86. The van der Waals surface area contributed by atoms with Crippen molar-refractivity contribution < 1.29 is 14.3 Å². The number of ether oxygens (including phenoxy) is 1. The maximum absolute atomic E-state index is 13.2. The van der Waals surface area contributed by atoms with Gasteiger partial charge in [-0.05, 0) is 68.9 Å². The molecule has 1 atom stereocenters. The molecule has 1 unspecified atom stereocenters. The van der Waals surface area contributed by atoms with Crippen molar-refractivity contribution in [1.29, 1.82) is 0 Å². The van der Waals surface area contributed by atoms with Crippen LogP contribution in [-0.4, -0.2) is 46.2 Å². The molecule has 0 saturated carbocycles. The van der Waals surface area contributed by atoms with E-state index in [-0.39, 0.29) is 23.3 Å². The van der Waals surface area contributed by atoms with Crippen LogP contribution in [0.4, 0.5) is 0 Å². The van der Waals surface area contributed by atoms with Crippen LogP contribution >= 0.6 is 11.8 Å². The number of nitrogens with one attached hydrogen (secondary N) is 1. The Morgan fingerprint density at radius 3 is 2.82 bits per heavy atom. The molecule has 2 aromatic rings. The predicted molar refractivity (Wildman–Crippen MR) is 130 cm³/mol. The van der Waals surface area contributed by atoms with E-state index in [0.717, 1.165) is 41.0 Å². The molecule has 1 N–H and O–H groups in total. The van der Waals surface area contributed by atoms with Crippen molar-refractivity contribution in [3.8, 4) is 0 Å². The third-order valence-corrected chi connectivity index (χ3v) is 7.54. The zero-order valence-corrected chi connectivity index (χ0v) is 20.5. The monoisotopic (exact) mass is 467 g/mol. The van der Waals surface area contributed by atoms with Crippen LogP contribution in [0.15, 0.2) is 41.4 Å². The Morgan fingerprint density at radius 1 is 1.27 bits per heavy atom. The van der Waals surface area contributed by atoms with Crippen molar-refractivity contribution in [3.05, 3.63) is 58.9 Å². The second-order valence-electron chi connectivity index (χ2n) is 9.51. The minimum atomic E-state index is -0.241. The van der Waals surface area contributed by atoms with Gasteiger partial charge in [0.2, 0.25) is 11.8 Å². The fraction of sp³-hybridized carbons (Fsp3) is 0.500. The average molecular weight is 468 g/mol. The van der Waals surface area contributed by atoms with E-state index in [1.54, 1.807) is 0 Å². The Morgan fingerprint density at radius 2 is 2.06 bits per heavy atom. The molecule has 0 bridgehead atoms. The van der Waals surface area contributed by atoms with Gasteiger partial charge in [-0.2, -0.15) is 0 Å². The fourth-order valence-electron chi connectivity index (χ4n) is 4.75. The molecule has 7 heteroatoms. The number of carbonyl (C=O) groups is 2. The van der Waals surface area contributed by atoms with Crippen LogP contribution in [0.3, 0.4) is 0 Å². The molecule has 1 aromatic carbocycles. The summed E-state index contributed by atoms with van der Waals surface area (Å²) >= 11 is 1.53. The standard InChI is InChI=1S/C26H33N3O3S/c1-18-23(15-28-24(30)17-33-21-7-5-4-6-8-21)22-9-11-29(16-20(22)14-27-18)25(31)19-10-12-32-26(2,3)13-19/h4-8,14,19H,9-13,15-17H2,1-3H3,(H,28,30). The van der Waals surface area contributed by atoms with E-state index in [0.29, 0.717) is 32.0 Å². The van der Waals surface area contributed by atoms with Crippen molar-refractivity contribution in [2.24, 2.45) is 5.92 Å². The molecule has 176 valence electrons. The maximum atomic E-state index is 13.2. The molecule has 0 aliphatic carbocycles. The highest BCUT2D eigenvalue weighted by molar-refractivity contribution is 8.00. The first-order valence-corrected chi connectivity index (χ1v) is 12.6. The summed E-state index contributed by atoms with van der Waals surface area (Å²) < 4.78 is 5.79. The second-order valence-corrected chi connectivity index (χ2v) is 10.6. The predicted octanol–water partition coefficient (Wildman–Crippen LogP) is 3.89. The summed E-state index contributed by atoms with van der Waals surface area (Å²) in [4.78, 5) is 33.3. The molecule has 4 rings (SSSR count). The normalized spacial score (nSPS) is 19.6. The highest BCUT2D eigenvalue weighted by Crippen LogP contribution is 2.32. The van der Waals surface area contributed by atoms with Crippen LogP contribution < -0.4 is 5.32 Å². The van der Waals surface area contributed by atoms with E-state index in [2.05, 4.69) is 24.1 Å². The quantitative estimate of drug-likeness (QED) is 0.653. The molecule has 0 spiro atoms. The van der Waals surface area contributed by atoms with Crippen molar-refractivity contribution in [3.63, 3.8) is 0 Å². The molecule has 3 heterocycles. The number of rotatable bonds is 6. The number of aryl methyl sites for hydroxylation is 1. The number of hydrogen-bond acceptors (Lipinski definition) is 5. The summed E-state index contributed by atoms with van der Waals surface area (Å²) in [5.74, 6) is 0.644. The highest BCUT2D eigenvalue weighted by atomic mass is 32.2. The summed E-state index contributed by atoms with van der Waals surface area (Å²) in [5, 5.41) is 3.06. The Balaban J connectivity index is 1.37. The number of fused-ring (bicyclic) bond motifs is 1. The van der Waals surface area contributed by atoms with Gasteiger partial charge in [0.25, 0.3) is 0 Å². The van der Waals surface area contributed by atoms with E-state index in [4.69, 9.17) is 4.74 Å². The number of carbonyl (C=O) groups excluding carboxylic acids is 2. The van der Waals surface area contributed by atoms with E-state index in [1.165, 1.54) is 17.3 Å². The van der Waals surface area contributed by atoms with Crippen molar-refractivity contribution >= 4 is 23.6 Å². The number of benzene rings is 1. The average Bonchev–Trinajstić information content (AvgIpc) is 2.81. The Hall–Kier alpha value is -2.38. The molecule has 2 amide bonds. The molecule has 0 radical (unpaired) electrons. The van der Waals surface area contributed by atoms with Gasteiger partial charge < -0.3 is 15.0 Å². The highest BCUT2D eigenvalue weighted by Gasteiger charge is 2.36. The molecular formula is C26H33N3O3S. The summed E-state index contributed by atoms with van der Waals surface area (Å²) in [6.07, 6.45) is 4.24. The molecule has 1 fully saturated rings. The van der Waals surface area contributed by atoms with Crippen molar-refractivity contribution in [2.45, 2.75) is 63.6 Å². The third kappa shape index (κ3) is 5.95. The lowest BCUT2D eigenvalue weighted by molar-refractivity contribution is -0.146. The zero-order valence-electron chi connectivity index (χ0n) is 19.7. The number of aromatic nitrogens is 1. The van der Waals surface area contributed by atoms with Crippen molar-refractivity contribution in [2.75, 3.05) is 18.9 Å². The van der Waals surface area contributed by atoms with Gasteiger partial charge in [-0.1, -0.05) is 18.2 Å². The molecular weight excluding hydrogens is 434 g/mol. The first-order chi connectivity index (χ1) is 15.8. The first kappa shape index (κ1) is 23.8. The molecule has 2 aliphatic heterocycles. The van der Waals surface area contributed by atoms with E-state index in [9.17, 15) is 9.59 Å². The molecule has 2 aliphatic rings. The van der Waals surface area contributed by atoms with Gasteiger partial charge in [0.15, 0.2) is 0 Å². The number of nitrogens with zero attached hydrogens (tertiary/aromatic N) is 2. The van der Waals surface area contributed by atoms with Crippen LogP contribution in [0.1, 0.15) is 49.1 Å². The van der Waals surface area contributed by atoms with Gasteiger partial charge in [-0.15, -0.1) is 11.8 Å².